The maximum atomic E-state index is 12.9. The second-order valence-electron chi connectivity index (χ2n) is 16.7. The molecule has 0 radical (unpaired) electrons. The number of hydrogen-bond acceptors (Lipinski definition) is 10. The summed E-state index contributed by atoms with van der Waals surface area (Å²) >= 11 is 14.3. The molecule has 1 aliphatic heterocycles. The largest absolute Gasteiger partial charge is 0.473 e. The Kier molecular flexibility index (Phi) is 23.2. The van der Waals surface area contributed by atoms with E-state index in [4.69, 9.17) is 39.6 Å². The SMILES string of the molecule is Cc1cc(CCNC(=O)Cc2cc(Br)c(C)c(Br)c2)ccc1NS(=O)(=O)c1ccccc1.Cc1cc2c(cc1NS(=O)(=O)c1ccccc1)C(Cc1cc(Br)c(C)c(Br)c1)NCC2.O=C(O)C(=O)O.O=C(O)C(=O)O. The lowest BCUT2D eigenvalue weighted by Crippen LogP contribution is -2.31. The van der Waals surface area contributed by atoms with Gasteiger partial charge in [-0.05, 0) is 164 Å². The van der Waals surface area contributed by atoms with Crippen molar-refractivity contribution in [2.75, 3.05) is 22.5 Å². The van der Waals surface area contributed by atoms with Crippen LogP contribution in [-0.4, -0.2) is 80.1 Å². The van der Waals surface area contributed by atoms with E-state index >= 15 is 0 Å². The Labute approximate surface area is 468 Å². The predicted octanol–water partition coefficient (Wildman–Crippen LogP) is 9.90. The molecule has 1 atom stereocenters. The molecule has 6 aromatic rings. The summed E-state index contributed by atoms with van der Waals surface area (Å²) in [7, 11) is -7.27. The van der Waals surface area contributed by atoms with Crippen molar-refractivity contribution in [1.82, 2.24) is 10.6 Å². The molecule has 398 valence electrons. The van der Waals surface area contributed by atoms with E-state index in [9.17, 15) is 21.6 Å². The molecule has 0 bridgehead atoms. The van der Waals surface area contributed by atoms with Crippen molar-refractivity contribution in [3.8, 4) is 0 Å². The van der Waals surface area contributed by atoms with Gasteiger partial charge in [-0.1, -0.05) is 118 Å². The molecule has 6 aromatic carbocycles. The van der Waals surface area contributed by atoms with Gasteiger partial charge in [0.05, 0.1) is 27.6 Å². The summed E-state index contributed by atoms with van der Waals surface area (Å²) < 4.78 is 60.3. The summed E-state index contributed by atoms with van der Waals surface area (Å²) in [5.41, 5.74) is 10.8. The number of sulfonamides is 2. The van der Waals surface area contributed by atoms with E-state index in [1.807, 2.05) is 51.1 Å². The van der Waals surface area contributed by atoms with Crippen LogP contribution in [0.1, 0.15) is 56.1 Å². The molecule has 0 spiro atoms. The highest BCUT2D eigenvalue weighted by atomic mass is 79.9. The average Bonchev–Trinajstić information content (AvgIpc) is 3.34. The molecule has 23 heteroatoms. The molecule has 0 aliphatic carbocycles. The van der Waals surface area contributed by atoms with Gasteiger partial charge in [-0.25, -0.2) is 36.0 Å². The standard InChI is InChI=1S/C24H24Br2N2O3S.C24H24Br2N2O2S.2C2H2O4/c1-16-12-18(8-9-23(16)28-32(30,31)20-6-4-3-5-7-20)10-11-27-24(29)15-19-13-21(25)17(2)22(26)14-19;1-15-10-18-8-9-27-24(13-17-11-21(25)16(2)22(26)12-17)20(18)14-23(15)28-31(29,30)19-6-4-3-5-7-19;2*3-1(4)2(5)6/h3-9,12-14,28H,10-11,15H2,1-2H3,(H,27,29);3-7,10-12,14,24,27-28H,8-9,13H2,1-2H3;2*(H,3,4)(H,5,6). The fourth-order valence-electron chi connectivity index (χ4n) is 7.16. The highest BCUT2D eigenvalue weighted by Gasteiger charge is 2.24. The number of carboxylic acids is 4. The monoisotopic (exact) mass is 1320 g/mol. The number of aryl methyl sites for hydroxylation is 2. The van der Waals surface area contributed by atoms with E-state index in [1.165, 1.54) is 16.7 Å². The van der Waals surface area contributed by atoms with Gasteiger partial charge in [-0.2, -0.15) is 0 Å². The molecule has 0 fully saturated rings. The number of anilines is 2. The first kappa shape index (κ1) is 61.6. The number of halogens is 4. The number of benzene rings is 6. The lowest BCUT2D eigenvalue weighted by molar-refractivity contribution is -0.159. The molecule has 17 nitrogen and oxygen atoms in total. The van der Waals surface area contributed by atoms with Crippen LogP contribution in [0.15, 0.2) is 143 Å². The van der Waals surface area contributed by atoms with Crippen LogP contribution >= 0.6 is 63.7 Å². The van der Waals surface area contributed by atoms with Crippen molar-refractivity contribution in [2.45, 2.75) is 69.2 Å². The van der Waals surface area contributed by atoms with Crippen LogP contribution in [0.25, 0.3) is 0 Å². The van der Waals surface area contributed by atoms with Gasteiger partial charge in [0.25, 0.3) is 20.0 Å². The highest BCUT2D eigenvalue weighted by molar-refractivity contribution is 9.11. The van der Waals surface area contributed by atoms with Crippen molar-refractivity contribution in [2.24, 2.45) is 0 Å². The number of hydrogen-bond donors (Lipinski definition) is 8. The van der Waals surface area contributed by atoms with E-state index in [2.05, 4.69) is 109 Å². The van der Waals surface area contributed by atoms with Gasteiger partial charge in [0.2, 0.25) is 5.91 Å². The summed E-state index contributed by atoms with van der Waals surface area (Å²) in [5, 5.41) is 36.1. The Bertz CT molecular complexity index is 3200. The first-order chi connectivity index (χ1) is 35.2. The topological polar surface area (TPSA) is 283 Å². The lowest BCUT2D eigenvalue weighted by atomic mass is 9.88. The van der Waals surface area contributed by atoms with Crippen molar-refractivity contribution in [3.05, 3.63) is 183 Å². The molecule has 0 aromatic heterocycles. The fraction of sp³-hybridized carbons (Fsp3) is 0.212. The second-order valence-corrected chi connectivity index (χ2v) is 23.5. The number of fused-ring (bicyclic) bond motifs is 1. The van der Waals surface area contributed by atoms with Crippen LogP contribution in [-0.2, 0) is 69.7 Å². The maximum absolute atomic E-state index is 12.9. The van der Waals surface area contributed by atoms with Crippen LogP contribution in [0.4, 0.5) is 11.4 Å². The predicted molar refractivity (Wildman–Crippen MR) is 299 cm³/mol. The van der Waals surface area contributed by atoms with Crippen LogP contribution in [0.5, 0.6) is 0 Å². The van der Waals surface area contributed by atoms with Crippen molar-refractivity contribution in [1.29, 1.82) is 0 Å². The lowest BCUT2D eigenvalue weighted by Gasteiger charge is -2.29. The molecular formula is C52H52Br4N4O13S2. The number of rotatable bonds is 13. The minimum atomic E-state index is -3.64. The Morgan fingerprint density at radius 2 is 1.00 bits per heavy atom. The molecule has 1 amide bonds. The van der Waals surface area contributed by atoms with Gasteiger partial charge in [0.15, 0.2) is 0 Å². The molecule has 1 aliphatic rings. The van der Waals surface area contributed by atoms with E-state index in [1.54, 1.807) is 66.7 Å². The fourth-order valence-corrected chi connectivity index (χ4v) is 12.0. The summed E-state index contributed by atoms with van der Waals surface area (Å²) in [5.74, 6) is -7.34. The first-order valence-electron chi connectivity index (χ1n) is 22.4. The third-order valence-corrected chi connectivity index (χ3v) is 17.2. The average molecular weight is 1320 g/mol. The first-order valence-corrected chi connectivity index (χ1v) is 28.5. The van der Waals surface area contributed by atoms with E-state index in [0.29, 0.717) is 30.8 Å². The zero-order valence-corrected chi connectivity index (χ0v) is 48.6. The van der Waals surface area contributed by atoms with Crippen molar-refractivity contribution < 1.29 is 61.2 Å². The number of amides is 1. The van der Waals surface area contributed by atoms with E-state index in [0.717, 1.165) is 70.7 Å². The Morgan fingerprint density at radius 1 is 0.560 bits per heavy atom. The molecule has 7 rings (SSSR count). The third kappa shape index (κ3) is 19.0. The van der Waals surface area contributed by atoms with Gasteiger partial charge in [-0.3, -0.25) is 14.2 Å². The Hall–Kier alpha value is -5.95. The van der Waals surface area contributed by atoms with Crippen LogP contribution < -0.4 is 20.1 Å². The van der Waals surface area contributed by atoms with Gasteiger partial charge in [-0.15, -0.1) is 0 Å². The van der Waals surface area contributed by atoms with Crippen LogP contribution in [0.2, 0.25) is 0 Å². The third-order valence-electron chi connectivity index (χ3n) is 11.1. The molecule has 0 saturated heterocycles. The Balaban J connectivity index is 0.000000267. The quantitative estimate of drug-likeness (QED) is 0.0500. The van der Waals surface area contributed by atoms with Gasteiger partial charge in [0.1, 0.15) is 0 Å². The molecule has 0 saturated carbocycles. The summed E-state index contributed by atoms with van der Waals surface area (Å²) in [6.07, 6.45) is 2.70. The number of carbonyl (C=O) groups is 5. The summed E-state index contributed by atoms with van der Waals surface area (Å²) in [6.45, 7) is 9.28. The highest BCUT2D eigenvalue weighted by Crippen LogP contribution is 2.34. The van der Waals surface area contributed by atoms with E-state index in [-0.39, 0.29) is 21.7 Å². The minimum Gasteiger partial charge on any atom is -0.473 e. The van der Waals surface area contributed by atoms with Gasteiger partial charge >= 0.3 is 23.9 Å². The molecule has 8 N–H and O–H groups in total. The van der Waals surface area contributed by atoms with Crippen molar-refractivity contribution >= 4 is 125 Å². The smallest absolute Gasteiger partial charge is 0.414 e. The van der Waals surface area contributed by atoms with Crippen LogP contribution in [0, 0.1) is 27.7 Å². The van der Waals surface area contributed by atoms with Gasteiger partial charge in [0, 0.05) is 30.5 Å². The number of carboxylic acid groups (broad SMARTS) is 4. The zero-order valence-electron chi connectivity index (χ0n) is 40.6. The number of nitrogens with one attached hydrogen (secondary N) is 4. The molecule has 1 unspecified atom stereocenters. The molecule has 1 heterocycles. The minimum absolute atomic E-state index is 0.0448. The Morgan fingerprint density at radius 3 is 1.45 bits per heavy atom. The summed E-state index contributed by atoms with van der Waals surface area (Å²) in [4.78, 5) is 49.2. The van der Waals surface area contributed by atoms with Crippen molar-refractivity contribution in [3.63, 3.8) is 0 Å². The second kappa shape index (κ2) is 28.3. The normalized spacial score (nSPS) is 12.6. The number of carbonyl (C=O) groups excluding carboxylic acids is 1. The molecule has 75 heavy (non-hydrogen) atoms. The zero-order chi connectivity index (χ0) is 55.8. The van der Waals surface area contributed by atoms with Crippen LogP contribution in [0.3, 0.4) is 0 Å². The molecular weight excluding hydrogens is 1270 g/mol. The summed E-state index contributed by atoms with van der Waals surface area (Å²) in [6, 6.07) is 34.8. The van der Waals surface area contributed by atoms with Gasteiger partial charge < -0.3 is 31.1 Å². The number of aliphatic carboxylic acids is 4. The van der Waals surface area contributed by atoms with E-state index < -0.39 is 43.9 Å². The maximum Gasteiger partial charge on any atom is 0.414 e.